The van der Waals surface area contributed by atoms with E-state index in [4.69, 9.17) is 27.6 Å². The van der Waals surface area contributed by atoms with Gasteiger partial charge in [0.05, 0.1) is 39.6 Å². The number of hydrogen-bond acceptors (Lipinski definition) is 4. The average molecular weight is 545 g/mol. The van der Waals surface area contributed by atoms with Gasteiger partial charge in [0.2, 0.25) is 0 Å². The molecule has 7 nitrogen and oxygen atoms in total. The first-order valence-electron chi connectivity index (χ1n) is 11.8. The fourth-order valence-corrected chi connectivity index (χ4v) is 5.06. The normalized spacial score (nSPS) is 12.3. The lowest BCUT2D eigenvalue weighted by Gasteiger charge is -2.36. The van der Waals surface area contributed by atoms with E-state index in [1.54, 1.807) is 34.0 Å². The first kappa shape index (κ1) is 26.4. The monoisotopic (exact) mass is 543 g/mol. The van der Waals surface area contributed by atoms with Crippen LogP contribution in [-0.2, 0) is 11.5 Å². The maximum absolute atomic E-state index is 13.8. The van der Waals surface area contributed by atoms with Gasteiger partial charge in [-0.1, -0.05) is 56.1 Å². The van der Waals surface area contributed by atoms with Crippen molar-refractivity contribution in [3.63, 3.8) is 0 Å². The lowest BCUT2D eigenvalue weighted by molar-refractivity contribution is 0.0973. The number of amides is 1. The zero-order chi connectivity index (χ0) is 26.3. The number of rotatable bonds is 7. The maximum atomic E-state index is 13.8. The maximum Gasteiger partial charge on any atom is 0.294 e. The summed E-state index contributed by atoms with van der Waals surface area (Å²) in [5.74, 6) is -0.0890. The molecule has 0 aliphatic rings. The molecule has 0 spiro atoms. The van der Waals surface area contributed by atoms with Gasteiger partial charge in [0, 0.05) is 25.4 Å². The molecule has 2 heterocycles. The summed E-state index contributed by atoms with van der Waals surface area (Å²) in [6.45, 7) is 11.6. The highest BCUT2D eigenvalue weighted by molar-refractivity contribution is 6.74. The summed E-state index contributed by atoms with van der Waals surface area (Å²) in [5.41, 5.74) is 3.92. The van der Waals surface area contributed by atoms with E-state index in [0.29, 0.717) is 34.4 Å². The number of imidazole rings is 1. The number of aromatic nitrogens is 4. The quantitative estimate of drug-likeness (QED) is 0.256. The van der Waals surface area contributed by atoms with E-state index in [1.807, 2.05) is 31.4 Å². The molecule has 0 atom stereocenters. The minimum Gasteiger partial charge on any atom is -0.415 e. The predicted octanol–water partition coefficient (Wildman–Crippen LogP) is 6.94. The molecule has 36 heavy (non-hydrogen) atoms. The van der Waals surface area contributed by atoms with Gasteiger partial charge in [0.1, 0.15) is 0 Å². The minimum absolute atomic E-state index is 0.0558. The van der Waals surface area contributed by atoms with Crippen molar-refractivity contribution in [3.8, 4) is 11.1 Å². The Morgan fingerprint density at radius 3 is 2.58 bits per heavy atom. The molecular formula is C26H31Cl2N5O2Si. The molecule has 0 radical (unpaired) electrons. The molecule has 4 aromatic rings. The number of carbonyl (C=O) groups excluding carboxylic acids is 1. The Balaban J connectivity index is 1.65. The molecule has 10 heteroatoms. The van der Waals surface area contributed by atoms with Crippen LogP contribution in [0.5, 0.6) is 0 Å². The lowest BCUT2D eigenvalue weighted by atomic mass is 10.1. The molecule has 0 saturated carbocycles. The number of carbonyl (C=O) groups is 1. The number of aromatic amines is 1. The van der Waals surface area contributed by atoms with Crippen LogP contribution in [0, 0.1) is 0 Å². The highest BCUT2D eigenvalue weighted by atomic mass is 35.5. The Morgan fingerprint density at radius 1 is 1.17 bits per heavy atom. The number of nitrogens with zero attached hydrogens (tertiary/aromatic N) is 4. The minimum atomic E-state index is -2.00. The fraction of sp³-hybridized carbons (Fsp3) is 0.346. The highest BCUT2D eigenvalue weighted by Gasteiger charge is 2.37. The molecule has 0 aliphatic carbocycles. The van der Waals surface area contributed by atoms with Crippen molar-refractivity contribution in [2.45, 2.75) is 38.9 Å². The van der Waals surface area contributed by atoms with Gasteiger partial charge in [-0.2, -0.15) is 5.10 Å². The van der Waals surface area contributed by atoms with Crippen molar-refractivity contribution in [3.05, 3.63) is 64.7 Å². The van der Waals surface area contributed by atoms with Crippen LogP contribution < -0.4 is 4.90 Å². The van der Waals surface area contributed by atoms with Gasteiger partial charge < -0.3 is 14.3 Å². The number of H-pyrrole nitrogens is 1. The Morgan fingerprint density at radius 2 is 1.92 bits per heavy atom. The molecule has 1 N–H and O–H groups in total. The number of aryl methyl sites for hydroxylation is 1. The van der Waals surface area contributed by atoms with Crippen LogP contribution in [0.4, 0.5) is 5.69 Å². The van der Waals surface area contributed by atoms with E-state index in [-0.39, 0.29) is 16.8 Å². The van der Waals surface area contributed by atoms with Crippen LogP contribution in [0.3, 0.4) is 0 Å². The van der Waals surface area contributed by atoms with Crippen molar-refractivity contribution in [2.75, 3.05) is 18.1 Å². The van der Waals surface area contributed by atoms with Gasteiger partial charge >= 0.3 is 0 Å². The number of benzene rings is 2. The van der Waals surface area contributed by atoms with E-state index in [0.717, 1.165) is 16.6 Å². The second-order valence-electron chi connectivity index (χ2n) is 10.4. The summed E-state index contributed by atoms with van der Waals surface area (Å²) in [4.78, 5) is 23.1. The van der Waals surface area contributed by atoms with Crippen molar-refractivity contribution >= 4 is 54.1 Å². The summed E-state index contributed by atoms with van der Waals surface area (Å²) < 4.78 is 8.11. The van der Waals surface area contributed by atoms with Gasteiger partial charge in [-0.25, -0.2) is 4.98 Å². The first-order valence-corrected chi connectivity index (χ1v) is 15.4. The van der Waals surface area contributed by atoms with Crippen molar-refractivity contribution < 1.29 is 9.22 Å². The molecule has 0 aliphatic heterocycles. The highest BCUT2D eigenvalue weighted by Crippen LogP contribution is 2.37. The first-order chi connectivity index (χ1) is 16.9. The molecule has 0 unspecified atom stereocenters. The lowest BCUT2D eigenvalue weighted by Crippen LogP contribution is -2.43. The van der Waals surface area contributed by atoms with Gasteiger partial charge in [0.25, 0.3) is 5.91 Å². The smallest absolute Gasteiger partial charge is 0.294 e. The van der Waals surface area contributed by atoms with Crippen LogP contribution >= 0.6 is 23.2 Å². The third-order valence-corrected chi connectivity index (χ3v) is 12.1. The Hall–Kier alpha value is -2.65. The third kappa shape index (κ3) is 5.37. The zero-order valence-electron chi connectivity index (χ0n) is 21.4. The van der Waals surface area contributed by atoms with Crippen LogP contribution in [0.15, 0.2) is 48.8 Å². The average Bonchev–Trinajstić information content (AvgIpc) is 3.43. The van der Waals surface area contributed by atoms with Gasteiger partial charge in [-0.15, -0.1) is 0 Å². The number of halogens is 2. The van der Waals surface area contributed by atoms with E-state index < -0.39 is 8.32 Å². The molecular weight excluding hydrogens is 513 g/mol. The van der Waals surface area contributed by atoms with Crippen molar-refractivity contribution in [1.82, 2.24) is 19.7 Å². The second kappa shape index (κ2) is 10.0. The third-order valence-electron chi connectivity index (χ3n) is 6.77. The molecule has 0 saturated heterocycles. The second-order valence-corrected chi connectivity index (χ2v) is 16.0. The topological polar surface area (TPSA) is 76.0 Å². The van der Waals surface area contributed by atoms with E-state index in [2.05, 4.69) is 48.9 Å². The summed E-state index contributed by atoms with van der Waals surface area (Å²) in [6.07, 6.45) is 3.73. The fourth-order valence-electron chi connectivity index (χ4n) is 3.63. The Kier molecular flexibility index (Phi) is 7.34. The molecule has 4 rings (SSSR count). The van der Waals surface area contributed by atoms with Crippen LogP contribution in [0.1, 0.15) is 31.4 Å². The predicted molar refractivity (Wildman–Crippen MR) is 150 cm³/mol. The van der Waals surface area contributed by atoms with Gasteiger partial charge in [-0.05, 0) is 48.0 Å². The summed E-state index contributed by atoms with van der Waals surface area (Å²) in [5, 5.41) is 4.98. The molecule has 0 bridgehead atoms. The molecule has 1 amide bonds. The Labute approximate surface area is 222 Å². The molecule has 0 fully saturated rings. The summed E-state index contributed by atoms with van der Waals surface area (Å²) in [7, 11) is -0.129. The number of hydrogen-bond donors (Lipinski definition) is 1. The SMILES string of the molecule is Cn1cc(-c2ccc3[nH]c(C(=O)N(CCO[Si](C)(C)C(C)(C)C)c4cccc(Cl)c4Cl)nc3c2)cn1. The Bertz CT molecular complexity index is 1410. The zero-order valence-corrected chi connectivity index (χ0v) is 23.9. The number of nitrogens with one attached hydrogen (secondary N) is 1. The van der Waals surface area contributed by atoms with Gasteiger partial charge in [0.15, 0.2) is 14.1 Å². The van der Waals surface area contributed by atoms with E-state index in [9.17, 15) is 4.79 Å². The van der Waals surface area contributed by atoms with Crippen molar-refractivity contribution in [2.24, 2.45) is 7.05 Å². The van der Waals surface area contributed by atoms with Crippen molar-refractivity contribution in [1.29, 1.82) is 0 Å². The molecule has 190 valence electrons. The van der Waals surface area contributed by atoms with Crippen LogP contribution in [0.25, 0.3) is 22.2 Å². The largest absolute Gasteiger partial charge is 0.415 e. The van der Waals surface area contributed by atoms with Crippen LogP contribution in [-0.4, -0.2) is 47.1 Å². The molecule has 2 aromatic carbocycles. The van der Waals surface area contributed by atoms with Gasteiger partial charge in [-0.3, -0.25) is 9.48 Å². The number of fused-ring (bicyclic) bond motifs is 1. The number of anilines is 1. The summed E-state index contributed by atoms with van der Waals surface area (Å²) in [6, 6.07) is 11.1. The standard InChI is InChI=1S/C26H31Cl2N5O2Si/c1-26(2,3)36(5,6)35-13-12-33(22-9-7-8-19(27)23(22)28)25(34)24-30-20-11-10-17(14-21(20)31-24)18-15-29-32(4)16-18/h7-11,14-16H,12-13H2,1-6H3,(H,30,31). The van der Waals surface area contributed by atoms with E-state index >= 15 is 0 Å². The van der Waals surface area contributed by atoms with E-state index in [1.165, 1.54) is 0 Å². The molecule has 2 aromatic heterocycles. The summed E-state index contributed by atoms with van der Waals surface area (Å²) >= 11 is 12.8. The van der Waals surface area contributed by atoms with Crippen LogP contribution in [0.2, 0.25) is 28.2 Å².